The van der Waals surface area contributed by atoms with Gasteiger partial charge in [-0.15, -0.1) is 5.10 Å². The van der Waals surface area contributed by atoms with Gasteiger partial charge in [-0.25, -0.2) is 25.4 Å². The lowest BCUT2D eigenvalue weighted by molar-refractivity contribution is -0.144. The Morgan fingerprint density at radius 1 is 0.842 bits per heavy atom. The van der Waals surface area contributed by atoms with Gasteiger partial charge in [0.15, 0.2) is 0 Å². The van der Waals surface area contributed by atoms with Crippen molar-refractivity contribution in [2.24, 2.45) is 0 Å². The van der Waals surface area contributed by atoms with Crippen LogP contribution in [0.2, 0.25) is 0 Å². The highest BCUT2D eigenvalue weighted by molar-refractivity contribution is 7.89. The average Bonchev–Trinajstić information content (AvgIpc) is 3.28. The Bertz CT molecular complexity index is 1610. The number of anilines is 1. The second-order valence-corrected chi connectivity index (χ2v) is 13.5. The maximum Gasteiger partial charge on any atom is 0.453 e. The summed E-state index contributed by atoms with van der Waals surface area (Å²) < 4.78 is 93.4. The zero-order chi connectivity index (χ0) is 28.3. The van der Waals surface area contributed by atoms with Crippen LogP contribution in [-0.2, 0) is 31.8 Å². The summed E-state index contributed by atoms with van der Waals surface area (Å²) in [4.78, 5) is 3.71. The number of nitrogens with one attached hydrogen (secondary N) is 1. The molecule has 3 aromatic rings. The van der Waals surface area contributed by atoms with Gasteiger partial charge in [0.05, 0.1) is 21.0 Å². The van der Waals surface area contributed by atoms with E-state index in [1.54, 1.807) is 25.1 Å². The van der Waals surface area contributed by atoms with E-state index in [-0.39, 0.29) is 21.4 Å². The SMILES string of the molecule is CN(C)S(=O)(=O)c1ccc(C2=C[C@](C)(c3ccc(S(=O)(=O)N(C)C)cc3)Nc3nc(C(F)(F)F)nn32)cc1. The van der Waals surface area contributed by atoms with Crippen LogP contribution in [0.5, 0.6) is 0 Å². The highest BCUT2D eigenvalue weighted by atomic mass is 32.2. The fraction of sp³-hybridized carbons (Fsp3) is 0.304. The standard InChI is InChI=1S/C23H25F3N6O4S2/c1-22(16-8-12-18(13-9-16)38(35,36)31(4)5)14-19(32-21(28-22)27-20(29-32)23(24,25)26)15-6-10-17(11-7-15)37(33,34)30(2)3/h6-14H,1-5H3,(H,27,28,29)/t22-/m1/s1. The van der Waals surface area contributed by atoms with E-state index >= 15 is 0 Å². The fourth-order valence-corrected chi connectivity index (χ4v) is 5.64. The Kier molecular flexibility index (Phi) is 6.71. The number of alkyl halides is 3. The molecule has 15 heteroatoms. The van der Waals surface area contributed by atoms with Crippen LogP contribution in [-0.4, -0.2) is 68.4 Å². The van der Waals surface area contributed by atoms with Crippen molar-refractivity contribution in [2.45, 2.75) is 28.4 Å². The second kappa shape index (κ2) is 9.18. The van der Waals surface area contributed by atoms with Crippen LogP contribution in [0.25, 0.3) is 5.70 Å². The normalized spacial score (nSPS) is 18.3. The summed E-state index contributed by atoms with van der Waals surface area (Å²) >= 11 is 0. The van der Waals surface area contributed by atoms with E-state index in [1.165, 1.54) is 64.6 Å². The number of halogens is 3. The van der Waals surface area contributed by atoms with Crippen molar-refractivity contribution in [3.63, 3.8) is 0 Å². The smallest absolute Gasteiger partial charge is 0.341 e. The van der Waals surface area contributed by atoms with Gasteiger partial charge in [-0.05, 0) is 42.8 Å². The van der Waals surface area contributed by atoms with Crippen LogP contribution in [0, 0.1) is 0 Å². The summed E-state index contributed by atoms with van der Waals surface area (Å²) in [5.74, 6) is -1.54. The average molecular weight is 571 g/mol. The first-order valence-electron chi connectivity index (χ1n) is 11.1. The minimum Gasteiger partial charge on any atom is -0.341 e. The van der Waals surface area contributed by atoms with Gasteiger partial charge in [0.25, 0.3) is 5.82 Å². The van der Waals surface area contributed by atoms with E-state index in [9.17, 15) is 30.0 Å². The largest absolute Gasteiger partial charge is 0.453 e. The number of aromatic nitrogens is 3. The van der Waals surface area contributed by atoms with Crippen molar-refractivity contribution in [3.8, 4) is 0 Å². The zero-order valence-corrected chi connectivity index (χ0v) is 22.6. The van der Waals surface area contributed by atoms with E-state index in [2.05, 4.69) is 15.4 Å². The summed E-state index contributed by atoms with van der Waals surface area (Å²) in [6.45, 7) is 1.69. The van der Waals surface area contributed by atoms with Gasteiger partial charge < -0.3 is 5.32 Å². The molecule has 0 unspecified atom stereocenters. The van der Waals surface area contributed by atoms with Gasteiger partial charge in [0.1, 0.15) is 0 Å². The Labute approximate surface area is 218 Å². The molecule has 1 atom stereocenters. The van der Waals surface area contributed by atoms with Crippen molar-refractivity contribution < 1.29 is 30.0 Å². The lowest BCUT2D eigenvalue weighted by atomic mass is 9.89. The minimum absolute atomic E-state index is 0.0102. The third-order valence-electron chi connectivity index (χ3n) is 6.05. The number of benzene rings is 2. The van der Waals surface area contributed by atoms with E-state index in [0.29, 0.717) is 11.1 Å². The highest BCUT2D eigenvalue weighted by Gasteiger charge is 2.41. The van der Waals surface area contributed by atoms with E-state index < -0.39 is 37.6 Å². The Balaban J connectivity index is 1.85. The molecule has 4 rings (SSSR count). The Morgan fingerprint density at radius 2 is 1.32 bits per heavy atom. The molecule has 0 saturated heterocycles. The molecule has 0 aliphatic carbocycles. The summed E-state index contributed by atoms with van der Waals surface area (Å²) in [5.41, 5.74) is 0.0308. The van der Waals surface area contributed by atoms with Crippen LogP contribution < -0.4 is 5.32 Å². The zero-order valence-electron chi connectivity index (χ0n) is 21.0. The molecule has 0 saturated carbocycles. The molecule has 1 aromatic heterocycles. The van der Waals surface area contributed by atoms with E-state index in [4.69, 9.17) is 0 Å². The second-order valence-electron chi connectivity index (χ2n) is 9.15. The molecule has 0 spiro atoms. The van der Waals surface area contributed by atoms with Gasteiger partial charge in [-0.1, -0.05) is 24.3 Å². The predicted molar refractivity (Wildman–Crippen MR) is 134 cm³/mol. The third-order valence-corrected chi connectivity index (χ3v) is 9.71. The summed E-state index contributed by atoms with van der Waals surface area (Å²) in [6.07, 6.45) is -3.18. The molecule has 1 aliphatic rings. The van der Waals surface area contributed by atoms with Gasteiger partial charge in [-0.2, -0.15) is 22.8 Å². The maximum atomic E-state index is 13.5. The number of hydrogen-bond acceptors (Lipinski definition) is 7. The molecule has 1 N–H and O–H groups in total. The molecule has 0 fully saturated rings. The van der Waals surface area contributed by atoms with Gasteiger partial charge >= 0.3 is 6.18 Å². The third kappa shape index (κ3) is 4.81. The van der Waals surface area contributed by atoms with E-state index in [0.717, 1.165) is 13.3 Å². The van der Waals surface area contributed by atoms with Gasteiger partial charge in [0, 0.05) is 33.8 Å². The Hall–Kier alpha value is -3.27. The molecule has 2 aromatic carbocycles. The van der Waals surface area contributed by atoms with Crippen LogP contribution in [0.15, 0.2) is 64.4 Å². The van der Waals surface area contributed by atoms with Gasteiger partial charge in [-0.3, -0.25) is 0 Å². The van der Waals surface area contributed by atoms with Crippen molar-refractivity contribution in [1.82, 2.24) is 23.4 Å². The Morgan fingerprint density at radius 3 is 1.76 bits per heavy atom. The quantitative estimate of drug-likeness (QED) is 0.484. The lowest BCUT2D eigenvalue weighted by Crippen LogP contribution is -2.35. The summed E-state index contributed by atoms with van der Waals surface area (Å²) in [5, 5.41) is 6.61. The number of fused-ring (bicyclic) bond motifs is 1. The maximum absolute atomic E-state index is 13.5. The van der Waals surface area contributed by atoms with Crippen molar-refractivity contribution in [1.29, 1.82) is 0 Å². The number of rotatable bonds is 6. The highest BCUT2D eigenvalue weighted by Crippen LogP contribution is 2.39. The molecule has 1 aliphatic heterocycles. The van der Waals surface area contributed by atoms with Crippen LogP contribution in [0.1, 0.15) is 23.9 Å². The fourth-order valence-electron chi connectivity index (χ4n) is 3.84. The number of hydrogen-bond donors (Lipinski definition) is 1. The molecule has 0 amide bonds. The van der Waals surface area contributed by atoms with E-state index in [1.807, 2.05) is 0 Å². The minimum atomic E-state index is -4.81. The molecule has 38 heavy (non-hydrogen) atoms. The molecule has 204 valence electrons. The van der Waals surface area contributed by atoms with Gasteiger partial charge in [0.2, 0.25) is 26.0 Å². The summed E-state index contributed by atoms with van der Waals surface area (Å²) in [6, 6.07) is 11.6. The molecule has 2 heterocycles. The van der Waals surface area contributed by atoms with Crippen molar-refractivity contribution in [3.05, 3.63) is 71.6 Å². The van der Waals surface area contributed by atoms with Crippen LogP contribution in [0.4, 0.5) is 19.1 Å². The van der Waals surface area contributed by atoms with Crippen molar-refractivity contribution >= 4 is 31.7 Å². The molecule has 0 radical (unpaired) electrons. The molecule has 10 nitrogen and oxygen atoms in total. The first kappa shape index (κ1) is 27.8. The van der Waals surface area contributed by atoms with Crippen LogP contribution in [0.3, 0.4) is 0 Å². The lowest BCUT2D eigenvalue weighted by Gasteiger charge is -2.34. The number of nitrogens with zero attached hydrogens (tertiary/aromatic N) is 5. The van der Waals surface area contributed by atoms with Crippen molar-refractivity contribution in [2.75, 3.05) is 33.5 Å². The first-order valence-corrected chi connectivity index (χ1v) is 14.0. The monoisotopic (exact) mass is 570 g/mol. The predicted octanol–water partition coefficient (Wildman–Crippen LogP) is 3.03. The van der Waals surface area contributed by atoms with Crippen LogP contribution >= 0.6 is 0 Å². The molecular weight excluding hydrogens is 545 g/mol. The molecular formula is C23H25F3N6O4S2. The summed E-state index contributed by atoms with van der Waals surface area (Å²) in [7, 11) is -1.82. The topological polar surface area (TPSA) is 118 Å². The number of sulfonamides is 2. The first-order chi connectivity index (χ1) is 17.5. The molecule has 0 bridgehead atoms.